The second-order valence-electron chi connectivity index (χ2n) is 7.61. The molecule has 2 aliphatic rings. The lowest BCUT2D eigenvalue weighted by Crippen LogP contribution is -2.47. The molecule has 2 atom stereocenters. The van der Waals surface area contributed by atoms with Gasteiger partial charge in [0.2, 0.25) is 0 Å². The molecule has 0 fully saturated rings. The van der Waals surface area contributed by atoms with Crippen LogP contribution >= 0.6 is 11.6 Å². The number of halogens is 2. The molecule has 1 spiro atoms. The van der Waals surface area contributed by atoms with Gasteiger partial charge in [-0.3, -0.25) is 0 Å². The minimum Gasteiger partial charge on any atom is -0.487 e. The quantitative estimate of drug-likeness (QED) is 0.826. The van der Waals surface area contributed by atoms with Crippen molar-refractivity contribution < 1.29 is 18.6 Å². The van der Waals surface area contributed by atoms with Crippen LogP contribution in [0.1, 0.15) is 25.3 Å². The number of rotatable bonds is 4. The Morgan fingerprint density at radius 3 is 2.75 bits per heavy atom. The van der Waals surface area contributed by atoms with E-state index in [9.17, 15) is 4.39 Å². The normalized spacial score (nSPS) is 25.8. The number of fused-ring (bicyclic) bond motifs is 2. The van der Waals surface area contributed by atoms with Gasteiger partial charge in [0.25, 0.3) is 6.02 Å². The van der Waals surface area contributed by atoms with Gasteiger partial charge in [-0.05, 0) is 48.4 Å². The number of nitrogens with two attached hydrogens (primary N) is 1. The number of benzene rings is 2. The molecule has 0 aliphatic carbocycles. The van der Waals surface area contributed by atoms with Gasteiger partial charge in [-0.15, -0.1) is 0 Å². The summed E-state index contributed by atoms with van der Waals surface area (Å²) in [6.07, 6.45) is 1.31. The van der Waals surface area contributed by atoms with Gasteiger partial charge in [0.1, 0.15) is 29.3 Å². The Bertz CT molecular complexity index is 931. The fourth-order valence-corrected chi connectivity index (χ4v) is 4.27. The summed E-state index contributed by atoms with van der Waals surface area (Å²) in [6, 6.07) is 10.4. The van der Waals surface area contributed by atoms with Crippen molar-refractivity contribution in [3.8, 4) is 16.9 Å². The van der Waals surface area contributed by atoms with Crippen LogP contribution in [0.5, 0.6) is 5.75 Å². The molecule has 0 saturated heterocycles. The number of nitrogens with zero attached hydrogens (tertiary/aromatic N) is 1. The lowest BCUT2D eigenvalue weighted by Gasteiger charge is -2.43. The number of aliphatic imine (C=N–C) groups is 1. The Morgan fingerprint density at radius 1 is 1.25 bits per heavy atom. The molecule has 2 aromatic carbocycles. The zero-order valence-corrected chi connectivity index (χ0v) is 16.6. The van der Waals surface area contributed by atoms with Crippen LogP contribution in [0.3, 0.4) is 0 Å². The van der Waals surface area contributed by atoms with Gasteiger partial charge in [0.05, 0.1) is 0 Å². The highest BCUT2D eigenvalue weighted by atomic mass is 35.5. The van der Waals surface area contributed by atoms with Crippen LogP contribution in [-0.4, -0.2) is 31.9 Å². The van der Waals surface area contributed by atoms with E-state index in [0.717, 1.165) is 16.9 Å². The van der Waals surface area contributed by atoms with Crippen molar-refractivity contribution in [2.45, 2.75) is 30.9 Å². The first-order chi connectivity index (χ1) is 13.3. The van der Waals surface area contributed by atoms with Gasteiger partial charge in [-0.25, -0.2) is 9.38 Å². The number of amidine groups is 1. The van der Waals surface area contributed by atoms with E-state index >= 15 is 0 Å². The van der Waals surface area contributed by atoms with Gasteiger partial charge in [0, 0.05) is 37.1 Å². The largest absolute Gasteiger partial charge is 0.487 e. The van der Waals surface area contributed by atoms with Crippen molar-refractivity contribution in [3.63, 3.8) is 0 Å². The molecule has 4 rings (SSSR count). The summed E-state index contributed by atoms with van der Waals surface area (Å²) in [5, 5.41) is 0.345. The monoisotopic (exact) mass is 404 g/mol. The molecule has 0 unspecified atom stereocenters. The lowest BCUT2D eigenvalue weighted by atomic mass is 9.76. The van der Waals surface area contributed by atoms with Crippen LogP contribution in [0.15, 0.2) is 41.4 Å². The average molecular weight is 405 g/mol. The molecular weight excluding hydrogens is 383 g/mol. The molecule has 0 saturated carbocycles. The van der Waals surface area contributed by atoms with E-state index in [4.69, 9.17) is 31.5 Å². The highest BCUT2D eigenvalue weighted by Crippen LogP contribution is 2.50. The summed E-state index contributed by atoms with van der Waals surface area (Å²) in [7, 11) is 1.67. The van der Waals surface area contributed by atoms with E-state index in [0.29, 0.717) is 36.6 Å². The summed E-state index contributed by atoms with van der Waals surface area (Å²) in [6.45, 7) is 2.95. The maximum absolute atomic E-state index is 13.8. The molecular formula is C21H22ClFN2O3. The molecule has 0 amide bonds. The van der Waals surface area contributed by atoms with Gasteiger partial charge in [-0.1, -0.05) is 17.7 Å². The summed E-state index contributed by atoms with van der Waals surface area (Å²) >= 11 is 6.03. The van der Waals surface area contributed by atoms with Crippen LogP contribution in [-0.2, 0) is 15.0 Å². The minimum atomic E-state index is -0.646. The summed E-state index contributed by atoms with van der Waals surface area (Å²) < 4.78 is 31.0. The molecule has 28 heavy (non-hydrogen) atoms. The number of methoxy groups -OCH3 is 1. The van der Waals surface area contributed by atoms with E-state index in [-0.39, 0.29) is 11.8 Å². The van der Waals surface area contributed by atoms with Gasteiger partial charge in [-0.2, -0.15) is 0 Å². The third-order valence-corrected chi connectivity index (χ3v) is 5.54. The molecule has 0 radical (unpaired) electrons. The van der Waals surface area contributed by atoms with E-state index in [1.807, 2.05) is 25.1 Å². The maximum Gasteiger partial charge on any atom is 0.283 e. The second kappa shape index (κ2) is 6.94. The molecule has 148 valence electrons. The fraction of sp³-hybridized carbons (Fsp3) is 0.381. The van der Waals surface area contributed by atoms with Crippen LogP contribution in [0.4, 0.5) is 4.39 Å². The SMILES string of the molecule is COCC[C@]1(C)C[C@]2(COC(N)=N2)c2cc(-c3cc(F)cc(Cl)c3)ccc2O1. The van der Waals surface area contributed by atoms with Crippen molar-refractivity contribution in [2.24, 2.45) is 10.7 Å². The van der Waals surface area contributed by atoms with Gasteiger partial charge in [0.15, 0.2) is 0 Å². The van der Waals surface area contributed by atoms with Crippen LogP contribution in [0.25, 0.3) is 11.1 Å². The molecule has 2 aliphatic heterocycles. The number of hydrogen-bond acceptors (Lipinski definition) is 5. The smallest absolute Gasteiger partial charge is 0.283 e. The van der Waals surface area contributed by atoms with Crippen molar-refractivity contribution >= 4 is 17.6 Å². The Morgan fingerprint density at radius 2 is 2.07 bits per heavy atom. The fourth-order valence-electron chi connectivity index (χ4n) is 4.05. The first-order valence-electron chi connectivity index (χ1n) is 9.10. The predicted octanol–water partition coefficient (Wildman–Crippen LogP) is 4.26. The topological polar surface area (TPSA) is 66.1 Å². The van der Waals surface area contributed by atoms with E-state index in [2.05, 4.69) is 4.99 Å². The Labute approximate surface area is 168 Å². The molecule has 5 nitrogen and oxygen atoms in total. The maximum atomic E-state index is 13.8. The first kappa shape index (κ1) is 19.0. The Kier molecular flexibility index (Phi) is 4.71. The van der Waals surface area contributed by atoms with Gasteiger partial charge < -0.3 is 19.9 Å². The number of hydrogen-bond donors (Lipinski definition) is 1. The van der Waals surface area contributed by atoms with Crippen molar-refractivity contribution in [1.82, 2.24) is 0 Å². The third kappa shape index (κ3) is 3.42. The van der Waals surface area contributed by atoms with E-state index < -0.39 is 11.1 Å². The zero-order chi connectivity index (χ0) is 19.9. The van der Waals surface area contributed by atoms with Crippen LogP contribution in [0, 0.1) is 5.82 Å². The van der Waals surface area contributed by atoms with E-state index in [1.54, 1.807) is 13.2 Å². The summed E-state index contributed by atoms with van der Waals surface area (Å²) in [5.41, 5.74) is 7.14. The Hall–Kier alpha value is -2.31. The molecule has 2 heterocycles. The molecule has 2 aromatic rings. The highest BCUT2D eigenvalue weighted by molar-refractivity contribution is 6.30. The predicted molar refractivity (Wildman–Crippen MR) is 106 cm³/mol. The molecule has 7 heteroatoms. The second-order valence-corrected chi connectivity index (χ2v) is 8.05. The van der Waals surface area contributed by atoms with Crippen molar-refractivity contribution in [2.75, 3.05) is 20.3 Å². The first-order valence-corrected chi connectivity index (χ1v) is 9.47. The van der Waals surface area contributed by atoms with Crippen molar-refractivity contribution in [3.05, 3.63) is 52.8 Å². The summed E-state index contributed by atoms with van der Waals surface area (Å²) in [4.78, 5) is 4.65. The molecule has 0 bridgehead atoms. The third-order valence-electron chi connectivity index (χ3n) is 5.32. The standard InChI is InChI=1S/C21H22ClFN2O3/c1-20(5-6-26-2)11-21(12-27-19(24)25-21)17-9-13(3-4-18(17)28-20)14-7-15(22)10-16(23)8-14/h3-4,7-10H,5-6,11-12H2,1-2H3,(H2,24,25)/t20-,21+/m1/s1. The minimum absolute atomic E-state index is 0.168. The van der Waals surface area contributed by atoms with Crippen LogP contribution < -0.4 is 10.5 Å². The van der Waals surface area contributed by atoms with Gasteiger partial charge >= 0.3 is 0 Å². The molecule has 2 N–H and O–H groups in total. The summed E-state index contributed by atoms with van der Waals surface area (Å²) in [5.74, 6) is 0.336. The molecule has 0 aromatic heterocycles. The van der Waals surface area contributed by atoms with E-state index in [1.165, 1.54) is 12.1 Å². The zero-order valence-electron chi connectivity index (χ0n) is 15.8. The number of ether oxygens (including phenoxy) is 3. The van der Waals surface area contributed by atoms with Crippen molar-refractivity contribution in [1.29, 1.82) is 0 Å². The van der Waals surface area contributed by atoms with Crippen LogP contribution in [0.2, 0.25) is 5.02 Å². The lowest BCUT2D eigenvalue weighted by molar-refractivity contribution is -0.00260. The highest BCUT2D eigenvalue weighted by Gasteiger charge is 2.50. The average Bonchev–Trinajstić information content (AvgIpc) is 3.00. The Balaban J connectivity index is 1.81.